The van der Waals surface area contributed by atoms with Crippen molar-refractivity contribution < 1.29 is 9.53 Å². The summed E-state index contributed by atoms with van der Waals surface area (Å²) in [5.41, 5.74) is 5.91. The minimum absolute atomic E-state index is 0.0204. The van der Waals surface area contributed by atoms with Crippen molar-refractivity contribution >= 4 is 12.1 Å². The predicted molar refractivity (Wildman–Crippen MR) is 110 cm³/mol. The molecule has 1 amide bonds. The zero-order chi connectivity index (χ0) is 19.2. The largest absolute Gasteiger partial charge is 0.489 e. The lowest BCUT2D eigenvalue weighted by Gasteiger charge is -2.06. The first-order valence-electron chi connectivity index (χ1n) is 9.44. The van der Waals surface area contributed by atoms with E-state index in [2.05, 4.69) is 22.7 Å². The van der Waals surface area contributed by atoms with Crippen LogP contribution in [0.1, 0.15) is 29.0 Å². The van der Waals surface area contributed by atoms with Gasteiger partial charge < -0.3 is 4.74 Å². The highest BCUT2D eigenvalue weighted by Gasteiger charge is 2.43. The van der Waals surface area contributed by atoms with E-state index in [1.807, 2.05) is 72.8 Å². The molecule has 0 heterocycles. The van der Waals surface area contributed by atoms with Crippen molar-refractivity contribution in [1.82, 2.24) is 5.43 Å². The minimum atomic E-state index is -0.0204. The van der Waals surface area contributed by atoms with E-state index < -0.39 is 0 Å². The molecule has 4 rings (SSSR count). The number of hydrazone groups is 1. The van der Waals surface area contributed by atoms with Gasteiger partial charge in [-0.15, -0.1) is 0 Å². The van der Waals surface area contributed by atoms with Crippen LogP contribution in [0.2, 0.25) is 0 Å². The van der Waals surface area contributed by atoms with E-state index in [1.54, 1.807) is 6.21 Å². The molecule has 140 valence electrons. The molecule has 0 aliphatic heterocycles. The van der Waals surface area contributed by atoms with Gasteiger partial charge in [-0.1, -0.05) is 60.7 Å². The second kappa shape index (κ2) is 8.53. The van der Waals surface area contributed by atoms with E-state index >= 15 is 0 Å². The average Bonchev–Trinajstić information content (AvgIpc) is 3.56. The second-order valence-corrected chi connectivity index (χ2v) is 6.94. The molecule has 4 heteroatoms. The van der Waals surface area contributed by atoms with E-state index in [1.165, 1.54) is 5.56 Å². The number of benzene rings is 3. The van der Waals surface area contributed by atoms with E-state index in [0.717, 1.165) is 23.3 Å². The number of nitrogens with one attached hydrogen (secondary N) is 1. The molecule has 1 fully saturated rings. The summed E-state index contributed by atoms with van der Waals surface area (Å²) < 4.78 is 5.77. The number of amides is 1. The number of hydrogen-bond acceptors (Lipinski definition) is 3. The van der Waals surface area contributed by atoms with Gasteiger partial charge in [-0.2, -0.15) is 5.10 Å². The molecular formula is C24H22N2O2. The van der Waals surface area contributed by atoms with Gasteiger partial charge in [-0.25, -0.2) is 5.43 Å². The topological polar surface area (TPSA) is 50.7 Å². The summed E-state index contributed by atoms with van der Waals surface area (Å²) >= 11 is 0. The number of rotatable bonds is 7. The van der Waals surface area contributed by atoms with E-state index in [9.17, 15) is 4.79 Å². The second-order valence-electron chi connectivity index (χ2n) is 6.94. The highest BCUT2D eigenvalue weighted by Crippen LogP contribution is 2.47. The molecule has 0 spiro atoms. The van der Waals surface area contributed by atoms with Gasteiger partial charge in [-0.3, -0.25) is 4.79 Å². The maximum absolute atomic E-state index is 12.2. The van der Waals surface area contributed by atoms with Gasteiger partial charge in [0.1, 0.15) is 12.4 Å². The summed E-state index contributed by atoms with van der Waals surface area (Å²) in [5.74, 6) is 1.12. The Morgan fingerprint density at radius 3 is 2.36 bits per heavy atom. The Hall–Kier alpha value is -3.40. The highest BCUT2D eigenvalue weighted by molar-refractivity contribution is 5.85. The third-order valence-electron chi connectivity index (χ3n) is 4.87. The maximum atomic E-state index is 12.2. The third-order valence-corrected chi connectivity index (χ3v) is 4.87. The Morgan fingerprint density at radius 1 is 0.964 bits per heavy atom. The molecule has 1 saturated carbocycles. The lowest BCUT2D eigenvalue weighted by Crippen LogP contribution is -2.20. The number of carbonyl (C=O) groups is 1. The van der Waals surface area contributed by atoms with Crippen LogP contribution < -0.4 is 10.2 Å². The van der Waals surface area contributed by atoms with Gasteiger partial charge in [-0.05, 0) is 53.3 Å². The summed E-state index contributed by atoms with van der Waals surface area (Å²) in [6, 6.07) is 27.8. The first-order valence-corrected chi connectivity index (χ1v) is 9.44. The molecule has 2 atom stereocenters. The lowest BCUT2D eigenvalue weighted by molar-refractivity contribution is -0.122. The standard InChI is InChI=1S/C24H22N2O2/c27-24(23-15-22(23)20-9-5-2-6-10-20)26-25-16-18-11-13-21(14-12-18)28-17-19-7-3-1-4-8-19/h1-14,16,22-23H,15,17H2,(H,26,27)/b25-16+. The van der Waals surface area contributed by atoms with Crippen LogP contribution in [0, 0.1) is 5.92 Å². The Labute approximate surface area is 164 Å². The molecule has 1 aliphatic rings. The van der Waals surface area contributed by atoms with Crippen LogP contribution in [0.4, 0.5) is 0 Å². The molecule has 0 aromatic heterocycles. The first-order chi connectivity index (χ1) is 13.8. The summed E-state index contributed by atoms with van der Waals surface area (Å²) in [7, 11) is 0. The van der Waals surface area contributed by atoms with Gasteiger partial charge in [0, 0.05) is 5.92 Å². The molecule has 0 saturated heterocycles. The van der Waals surface area contributed by atoms with Crippen LogP contribution in [0.5, 0.6) is 5.75 Å². The smallest absolute Gasteiger partial charge is 0.243 e. The molecule has 1 aliphatic carbocycles. The van der Waals surface area contributed by atoms with Crippen LogP contribution in [-0.4, -0.2) is 12.1 Å². The third kappa shape index (κ3) is 4.65. The lowest BCUT2D eigenvalue weighted by atomic mass is 10.1. The van der Waals surface area contributed by atoms with Crippen LogP contribution in [0.25, 0.3) is 0 Å². The van der Waals surface area contributed by atoms with Gasteiger partial charge in [0.2, 0.25) is 5.91 Å². The van der Waals surface area contributed by atoms with Crippen molar-refractivity contribution in [3.8, 4) is 5.75 Å². The maximum Gasteiger partial charge on any atom is 0.243 e. The van der Waals surface area contributed by atoms with E-state index in [4.69, 9.17) is 4.74 Å². The molecule has 1 N–H and O–H groups in total. The van der Waals surface area contributed by atoms with Gasteiger partial charge >= 0.3 is 0 Å². The Morgan fingerprint density at radius 2 is 1.64 bits per heavy atom. The van der Waals surface area contributed by atoms with Crippen molar-refractivity contribution in [2.45, 2.75) is 18.9 Å². The van der Waals surface area contributed by atoms with Crippen molar-refractivity contribution in [3.05, 3.63) is 102 Å². The van der Waals surface area contributed by atoms with Gasteiger partial charge in [0.15, 0.2) is 0 Å². The monoisotopic (exact) mass is 370 g/mol. The zero-order valence-corrected chi connectivity index (χ0v) is 15.5. The van der Waals surface area contributed by atoms with Crippen molar-refractivity contribution in [2.75, 3.05) is 0 Å². The summed E-state index contributed by atoms with van der Waals surface area (Å²) in [6.45, 7) is 0.536. The summed E-state index contributed by atoms with van der Waals surface area (Å²) in [6.07, 6.45) is 2.54. The van der Waals surface area contributed by atoms with Gasteiger partial charge in [0.25, 0.3) is 0 Å². The number of ether oxygens (including phenoxy) is 1. The fourth-order valence-corrected chi connectivity index (χ4v) is 3.20. The molecule has 3 aromatic carbocycles. The van der Waals surface area contributed by atoms with Crippen molar-refractivity contribution in [1.29, 1.82) is 0 Å². The molecule has 3 aromatic rings. The number of nitrogens with zero attached hydrogens (tertiary/aromatic N) is 1. The van der Waals surface area contributed by atoms with Gasteiger partial charge in [0.05, 0.1) is 6.21 Å². The molecule has 2 unspecified atom stereocenters. The molecule has 28 heavy (non-hydrogen) atoms. The van der Waals surface area contributed by atoms with E-state index in [-0.39, 0.29) is 11.8 Å². The Balaban J connectivity index is 1.24. The average molecular weight is 370 g/mol. The highest BCUT2D eigenvalue weighted by atomic mass is 16.5. The molecule has 4 nitrogen and oxygen atoms in total. The number of carbonyl (C=O) groups excluding carboxylic acids is 1. The van der Waals surface area contributed by atoms with Crippen LogP contribution in [0.3, 0.4) is 0 Å². The van der Waals surface area contributed by atoms with Crippen molar-refractivity contribution in [2.24, 2.45) is 11.0 Å². The fourth-order valence-electron chi connectivity index (χ4n) is 3.20. The van der Waals surface area contributed by atoms with Crippen LogP contribution >= 0.6 is 0 Å². The minimum Gasteiger partial charge on any atom is -0.489 e. The number of hydrogen-bond donors (Lipinski definition) is 1. The van der Waals surface area contributed by atoms with Crippen LogP contribution in [0.15, 0.2) is 90.0 Å². The molecule has 0 radical (unpaired) electrons. The van der Waals surface area contributed by atoms with Crippen LogP contribution in [-0.2, 0) is 11.4 Å². The van der Waals surface area contributed by atoms with Crippen molar-refractivity contribution in [3.63, 3.8) is 0 Å². The quantitative estimate of drug-likeness (QED) is 0.491. The van der Waals surface area contributed by atoms with E-state index in [0.29, 0.717) is 12.5 Å². The normalized spacial score (nSPS) is 18.0. The first kappa shape index (κ1) is 18.0. The molecule has 0 bridgehead atoms. The summed E-state index contributed by atoms with van der Waals surface area (Å²) in [5, 5.41) is 4.09. The zero-order valence-electron chi connectivity index (χ0n) is 15.5. The fraction of sp³-hybridized carbons (Fsp3) is 0.167. The SMILES string of the molecule is O=C(N/N=C/c1ccc(OCc2ccccc2)cc1)C1CC1c1ccccc1. The Bertz CT molecular complexity index is 937. The molecular weight excluding hydrogens is 348 g/mol. The predicted octanol–water partition coefficient (Wildman–Crippen LogP) is 4.52. The summed E-state index contributed by atoms with van der Waals surface area (Å²) in [4.78, 5) is 12.2. The Kier molecular flexibility index (Phi) is 5.48.